The van der Waals surface area contributed by atoms with Gasteiger partial charge in [0.05, 0.1) is 11.6 Å². The van der Waals surface area contributed by atoms with E-state index >= 15 is 0 Å². The summed E-state index contributed by atoms with van der Waals surface area (Å²) in [4.78, 5) is 40.9. The number of aromatic amines is 1. The number of pyridine rings is 1. The normalized spacial score (nSPS) is 13.5. The molecule has 1 aromatic heterocycles. The van der Waals surface area contributed by atoms with E-state index in [0.29, 0.717) is 39.9 Å². The van der Waals surface area contributed by atoms with Crippen LogP contribution in [-0.2, 0) is 11.3 Å². The number of nitrogens with one attached hydrogen (secondary N) is 4. The number of aryl methyl sites for hydroxylation is 2. The fourth-order valence-corrected chi connectivity index (χ4v) is 3.95. The Labute approximate surface area is 182 Å². The Hall–Kier alpha value is -2.94. The Morgan fingerprint density at radius 3 is 2.60 bits per heavy atom. The van der Waals surface area contributed by atoms with Gasteiger partial charge < -0.3 is 25.9 Å². The van der Waals surface area contributed by atoms with Gasteiger partial charge in [0, 0.05) is 59.8 Å². The number of hydrogen-bond acceptors (Lipinski definition) is 5. The van der Waals surface area contributed by atoms with Crippen LogP contribution in [-0.4, -0.2) is 47.0 Å². The molecule has 0 aliphatic carbocycles. The third kappa shape index (κ3) is 4.62. The molecule has 1 aromatic carbocycles. The highest BCUT2D eigenvalue weighted by Crippen LogP contribution is 2.27. The molecule has 0 saturated carbocycles. The predicted octanol–water partition coefficient (Wildman–Crippen LogP) is 2.32. The van der Waals surface area contributed by atoms with Crippen molar-refractivity contribution < 1.29 is 9.59 Å². The Kier molecular flexibility index (Phi) is 6.40. The molecule has 1 aliphatic rings. The van der Waals surface area contributed by atoms with E-state index < -0.39 is 0 Å². The standard InChI is InChI=1S/C21H24BrN5O3/c1-11-4-12(2)25-21(30)18(11)8-24-20(29)16-5-14(22)6-19(17(16)7-23)26-15-9-27(10-15)13(3)28/h4-7,15,23,26H,8-10H2,1-3H3,(H,24,29)(H,25,30). The van der Waals surface area contributed by atoms with Gasteiger partial charge in [-0.1, -0.05) is 15.9 Å². The van der Waals surface area contributed by atoms with Crippen LogP contribution in [0.15, 0.2) is 27.5 Å². The fraction of sp³-hybridized carbons (Fsp3) is 0.333. The van der Waals surface area contributed by atoms with Crippen molar-refractivity contribution in [2.45, 2.75) is 33.4 Å². The first kappa shape index (κ1) is 21.8. The Morgan fingerprint density at radius 2 is 2.00 bits per heavy atom. The maximum absolute atomic E-state index is 12.9. The summed E-state index contributed by atoms with van der Waals surface area (Å²) in [6.45, 7) is 6.41. The molecule has 9 heteroatoms. The van der Waals surface area contributed by atoms with Crippen molar-refractivity contribution in [3.05, 3.63) is 61.0 Å². The van der Waals surface area contributed by atoms with Gasteiger partial charge in [-0.2, -0.15) is 0 Å². The lowest BCUT2D eigenvalue weighted by molar-refractivity contribution is -0.132. The predicted molar refractivity (Wildman–Crippen MR) is 119 cm³/mol. The number of anilines is 1. The quantitative estimate of drug-likeness (QED) is 0.481. The number of H-pyrrole nitrogens is 1. The van der Waals surface area contributed by atoms with Gasteiger partial charge in [-0.3, -0.25) is 14.4 Å². The number of amides is 2. The molecule has 4 N–H and O–H groups in total. The number of carbonyl (C=O) groups is 2. The molecule has 0 spiro atoms. The van der Waals surface area contributed by atoms with Gasteiger partial charge in [0.1, 0.15) is 0 Å². The number of hydrogen-bond donors (Lipinski definition) is 4. The minimum absolute atomic E-state index is 0.0241. The van der Waals surface area contributed by atoms with Gasteiger partial charge in [0.15, 0.2) is 0 Å². The van der Waals surface area contributed by atoms with Gasteiger partial charge in [0.2, 0.25) is 5.91 Å². The summed E-state index contributed by atoms with van der Waals surface area (Å²) in [6, 6.07) is 5.38. The van der Waals surface area contributed by atoms with Crippen molar-refractivity contribution in [3.8, 4) is 0 Å². The van der Waals surface area contributed by atoms with Crippen LogP contribution in [0.4, 0.5) is 5.69 Å². The Balaban J connectivity index is 1.79. The number of likely N-dealkylation sites (tertiary alicyclic amines) is 1. The van der Waals surface area contributed by atoms with Crippen molar-refractivity contribution in [2.24, 2.45) is 0 Å². The molecule has 0 bridgehead atoms. The van der Waals surface area contributed by atoms with Gasteiger partial charge in [0.25, 0.3) is 11.5 Å². The van der Waals surface area contributed by atoms with Crippen LogP contribution in [0.2, 0.25) is 0 Å². The molecule has 30 heavy (non-hydrogen) atoms. The highest BCUT2D eigenvalue weighted by molar-refractivity contribution is 9.10. The molecule has 0 atom stereocenters. The first-order valence-corrected chi connectivity index (χ1v) is 10.3. The van der Waals surface area contributed by atoms with Crippen molar-refractivity contribution in [3.63, 3.8) is 0 Å². The van der Waals surface area contributed by atoms with E-state index in [-0.39, 0.29) is 30.0 Å². The SMILES string of the molecule is CC(=O)N1CC(Nc2cc(Br)cc(C(=O)NCc3c(C)cc(C)[nH]c3=O)c2C=N)C1. The number of aromatic nitrogens is 1. The Morgan fingerprint density at radius 1 is 1.30 bits per heavy atom. The van der Waals surface area contributed by atoms with Crippen LogP contribution < -0.4 is 16.2 Å². The largest absolute Gasteiger partial charge is 0.378 e. The van der Waals surface area contributed by atoms with Gasteiger partial charge >= 0.3 is 0 Å². The number of benzene rings is 1. The second kappa shape index (κ2) is 8.83. The van der Waals surface area contributed by atoms with Crippen LogP contribution in [0.3, 0.4) is 0 Å². The van der Waals surface area contributed by atoms with E-state index in [0.717, 1.165) is 17.5 Å². The van der Waals surface area contributed by atoms with Crippen LogP contribution in [0.5, 0.6) is 0 Å². The molecule has 0 radical (unpaired) electrons. The molecule has 158 valence electrons. The molecule has 2 amide bonds. The summed E-state index contributed by atoms with van der Waals surface area (Å²) >= 11 is 3.42. The van der Waals surface area contributed by atoms with E-state index in [9.17, 15) is 14.4 Å². The second-order valence-electron chi connectivity index (χ2n) is 7.45. The Bertz CT molecular complexity index is 1070. The maximum Gasteiger partial charge on any atom is 0.253 e. The van der Waals surface area contributed by atoms with Crippen LogP contribution in [0, 0.1) is 19.3 Å². The summed E-state index contributed by atoms with van der Waals surface area (Å²) in [5.74, 6) is -0.354. The van der Waals surface area contributed by atoms with Gasteiger partial charge in [-0.15, -0.1) is 0 Å². The van der Waals surface area contributed by atoms with Crippen LogP contribution >= 0.6 is 15.9 Å². The molecule has 2 heterocycles. The zero-order valence-corrected chi connectivity index (χ0v) is 18.6. The molecule has 1 aliphatic heterocycles. The average Bonchev–Trinajstić information content (AvgIpc) is 2.62. The van der Waals surface area contributed by atoms with E-state index in [2.05, 4.69) is 31.5 Å². The van der Waals surface area contributed by atoms with Crippen molar-refractivity contribution in [2.75, 3.05) is 18.4 Å². The second-order valence-corrected chi connectivity index (χ2v) is 8.37. The molecule has 0 unspecified atom stereocenters. The molecular formula is C21H24BrN5O3. The van der Waals surface area contributed by atoms with Crippen molar-refractivity contribution >= 4 is 39.6 Å². The lowest BCUT2D eigenvalue weighted by atomic mass is 10.0. The summed E-state index contributed by atoms with van der Waals surface area (Å²) in [5.41, 5.74) is 3.26. The summed E-state index contributed by atoms with van der Waals surface area (Å²) in [7, 11) is 0. The molecule has 1 saturated heterocycles. The molecular weight excluding hydrogens is 450 g/mol. The zero-order valence-electron chi connectivity index (χ0n) is 17.1. The van der Waals surface area contributed by atoms with Gasteiger partial charge in [-0.25, -0.2) is 0 Å². The number of halogens is 1. The molecule has 1 fully saturated rings. The van der Waals surface area contributed by atoms with E-state index in [4.69, 9.17) is 5.41 Å². The smallest absolute Gasteiger partial charge is 0.253 e. The first-order chi connectivity index (χ1) is 14.2. The maximum atomic E-state index is 12.9. The number of nitrogens with zero attached hydrogens (tertiary/aromatic N) is 1. The van der Waals surface area contributed by atoms with E-state index in [1.165, 1.54) is 6.92 Å². The third-order valence-electron chi connectivity index (χ3n) is 5.14. The average molecular weight is 474 g/mol. The molecule has 8 nitrogen and oxygen atoms in total. The van der Waals surface area contributed by atoms with E-state index in [1.807, 2.05) is 19.1 Å². The van der Waals surface area contributed by atoms with Crippen LogP contribution in [0.1, 0.15) is 39.7 Å². The number of carbonyl (C=O) groups excluding carboxylic acids is 2. The lowest BCUT2D eigenvalue weighted by Gasteiger charge is -2.39. The monoisotopic (exact) mass is 473 g/mol. The van der Waals surface area contributed by atoms with Crippen molar-refractivity contribution in [1.29, 1.82) is 5.41 Å². The van der Waals surface area contributed by atoms with Gasteiger partial charge in [-0.05, 0) is 37.6 Å². The summed E-state index contributed by atoms with van der Waals surface area (Å²) in [5, 5.41) is 13.9. The summed E-state index contributed by atoms with van der Waals surface area (Å²) < 4.78 is 0.688. The third-order valence-corrected chi connectivity index (χ3v) is 5.60. The minimum Gasteiger partial charge on any atom is -0.378 e. The lowest BCUT2D eigenvalue weighted by Crippen LogP contribution is -2.56. The topological polar surface area (TPSA) is 118 Å². The highest BCUT2D eigenvalue weighted by Gasteiger charge is 2.29. The zero-order chi connectivity index (χ0) is 22.0. The first-order valence-electron chi connectivity index (χ1n) is 9.53. The minimum atomic E-state index is -0.379. The molecule has 3 rings (SSSR count). The highest BCUT2D eigenvalue weighted by atomic mass is 79.9. The molecule has 2 aromatic rings. The number of rotatable bonds is 6. The summed E-state index contributed by atoms with van der Waals surface area (Å²) in [6.07, 6.45) is 1.13. The van der Waals surface area contributed by atoms with Crippen LogP contribution in [0.25, 0.3) is 0 Å². The van der Waals surface area contributed by atoms with E-state index in [1.54, 1.807) is 17.9 Å². The fourth-order valence-electron chi connectivity index (χ4n) is 3.49. The van der Waals surface area contributed by atoms with Crippen molar-refractivity contribution in [1.82, 2.24) is 15.2 Å².